The van der Waals surface area contributed by atoms with Gasteiger partial charge in [-0.15, -0.1) is 0 Å². The quantitative estimate of drug-likeness (QED) is 0.507. The van der Waals surface area contributed by atoms with Crippen LogP contribution in [-0.2, 0) is 4.79 Å². The van der Waals surface area contributed by atoms with Gasteiger partial charge in [0.15, 0.2) is 5.78 Å². The van der Waals surface area contributed by atoms with E-state index >= 15 is 0 Å². The molecule has 0 saturated heterocycles. The second-order valence-corrected chi connectivity index (χ2v) is 6.83. The molecule has 1 aromatic heterocycles. The molecule has 0 radical (unpaired) electrons. The van der Waals surface area contributed by atoms with Gasteiger partial charge >= 0.3 is 0 Å². The van der Waals surface area contributed by atoms with Gasteiger partial charge in [-0.05, 0) is 36.8 Å². The first-order chi connectivity index (χ1) is 12.6. The number of carbonyl (C=O) groups is 2. The number of hydrogen-bond acceptors (Lipinski definition) is 4. The molecule has 3 aromatic rings. The molecule has 0 spiro atoms. The van der Waals surface area contributed by atoms with E-state index in [4.69, 9.17) is 0 Å². The largest absolute Gasteiger partial charge is 0.325 e. The average Bonchev–Trinajstić information content (AvgIpc) is 2.67. The molecule has 0 aliphatic rings. The van der Waals surface area contributed by atoms with Gasteiger partial charge in [0.1, 0.15) is 5.25 Å². The smallest absolute Gasteiger partial charge is 0.242 e. The predicted octanol–water partition coefficient (Wildman–Crippen LogP) is 4.76. The molecule has 0 aliphatic heterocycles. The lowest BCUT2D eigenvalue weighted by Crippen LogP contribution is -2.19. The minimum Gasteiger partial charge on any atom is -0.325 e. The molecule has 0 bridgehead atoms. The van der Waals surface area contributed by atoms with Crippen molar-refractivity contribution in [2.24, 2.45) is 0 Å². The Morgan fingerprint density at radius 2 is 1.73 bits per heavy atom. The normalized spacial score (nSPS) is 11.6. The number of anilines is 1. The van der Waals surface area contributed by atoms with Crippen LogP contribution in [0.25, 0.3) is 0 Å². The van der Waals surface area contributed by atoms with Crippen molar-refractivity contribution in [2.75, 3.05) is 5.32 Å². The summed E-state index contributed by atoms with van der Waals surface area (Å²) in [6.07, 6.45) is 1.71. The monoisotopic (exact) mass is 362 g/mol. The zero-order valence-corrected chi connectivity index (χ0v) is 15.1. The Kier molecular flexibility index (Phi) is 5.81. The van der Waals surface area contributed by atoms with E-state index < -0.39 is 5.25 Å². The maximum atomic E-state index is 13.0. The van der Waals surface area contributed by atoms with Gasteiger partial charge < -0.3 is 5.32 Å². The van der Waals surface area contributed by atoms with Crippen molar-refractivity contribution in [3.05, 3.63) is 90.1 Å². The summed E-state index contributed by atoms with van der Waals surface area (Å²) >= 11 is 1.39. The number of rotatable bonds is 6. The molecule has 0 saturated carbocycles. The van der Waals surface area contributed by atoms with Crippen LogP contribution < -0.4 is 5.32 Å². The number of Topliss-reactive ketones (excluding diaryl/α,β-unsaturated/α-hetero) is 1. The van der Waals surface area contributed by atoms with Crippen LogP contribution in [0.5, 0.6) is 0 Å². The number of carbonyl (C=O) groups excluding carboxylic acids is 2. The van der Waals surface area contributed by atoms with Crippen molar-refractivity contribution in [1.82, 2.24) is 4.98 Å². The fourth-order valence-corrected chi connectivity index (χ4v) is 3.44. The van der Waals surface area contributed by atoms with Crippen LogP contribution in [0, 0.1) is 0 Å². The van der Waals surface area contributed by atoms with Crippen LogP contribution in [0.2, 0.25) is 0 Å². The number of thioether (sulfide) groups is 1. The summed E-state index contributed by atoms with van der Waals surface area (Å²) in [6.45, 7) is 1.50. The van der Waals surface area contributed by atoms with Crippen molar-refractivity contribution in [1.29, 1.82) is 0 Å². The maximum absolute atomic E-state index is 13.0. The van der Waals surface area contributed by atoms with Crippen molar-refractivity contribution in [2.45, 2.75) is 17.2 Å². The average molecular weight is 362 g/mol. The minimum absolute atomic E-state index is 0.0384. The lowest BCUT2D eigenvalue weighted by molar-refractivity contribution is -0.115. The van der Waals surface area contributed by atoms with Gasteiger partial charge in [0.25, 0.3) is 0 Å². The van der Waals surface area contributed by atoms with E-state index in [0.29, 0.717) is 11.3 Å². The van der Waals surface area contributed by atoms with Crippen LogP contribution in [-0.4, -0.2) is 16.7 Å². The summed E-state index contributed by atoms with van der Waals surface area (Å²) in [7, 11) is 0. The van der Waals surface area contributed by atoms with Gasteiger partial charge in [0, 0.05) is 17.4 Å². The summed E-state index contributed by atoms with van der Waals surface area (Å²) in [4.78, 5) is 28.8. The molecular weight excluding hydrogens is 344 g/mol. The maximum Gasteiger partial charge on any atom is 0.242 e. The van der Waals surface area contributed by atoms with Crippen LogP contribution in [0.1, 0.15) is 28.1 Å². The predicted molar refractivity (Wildman–Crippen MR) is 104 cm³/mol. The second kappa shape index (κ2) is 8.45. The number of amides is 1. The highest BCUT2D eigenvalue weighted by Gasteiger charge is 2.22. The third-order valence-electron chi connectivity index (χ3n) is 3.75. The SMILES string of the molecule is CC(=O)c1cccc(NC(=O)[C@H](Sc2ccccn2)c2ccccc2)c1. The van der Waals surface area contributed by atoms with Gasteiger partial charge in [-0.1, -0.05) is 60.3 Å². The van der Waals surface area contributed by atoms with E-state index in [1.54, 1.807) is 30.5 Å². The molecule has 3 rings (SSSR count). The molecular formula is C21H18N2O2S. The summed E-state index contributed by atoms with van der Waals surface area (Å²) in [5.74, 6) is -0.198. The minimum atomic E-state index is -0.452. The molecule has 1 atom stereocenters. The number of pyridine rings is 1. The highest BCUT2D eigenvalue weighted by atomic mass is 32.2. The second-order valence-electron chi connectivity index (χ2n) is 5.70. The fraction of sp³-hybridized carbons (Fsp3) is 0.0952. The number of nitrogens with zero attached hydrogens (tertiary/aromatic N) is 1. The molecule has 0 unspecified atom stereocenters. The Morgan fingerprint density at radius 1 is 0.962 bits per heavy atom. The van der Waals surface area contributed by atoms with Crippen LogP contribution in [0.4, 0.5) is 5.69 Å². The Balaban J connectivity index is 1.85. The Labute approximate surface area is 156 Å². The fourth-order valence-electron chi connectivity index (χ4n) is 2.46. The molecule has 26 heavy (non-hydrogen) atoms. The zero-order valence-electron chi connectivity index (χ0n) is 14.3. The topological polar surface area (TPSA) is 59.1 Å². The number of ketones is 1. The van der Waals surface area contributed by atoms with E-state index in [1.807, 2.05) is 48.5 Å². The van der Waals surface area contributed by atoms with Crippen molar-refractivity contribution < 1.29 is 9.59 Å². The van der Waals surface area contributed by atoms with Gasteiger partial charge in [-0.25, -0.2) is 4.98 Å². The number of nitrogens with one attached hydrogen (secondary N) is 1. The van der Waals surface area contributed by atoms with E-state index in [1.165, 1.54) is 18.7 Å². The third kappa shape index (κ3) is 4.58. The molecule has 1 heterocycles. The molecule has 0 fully saturated rings. The summed E-state index contributed by atoms with van der Waals surface area (Å²) in [6, 6.07) is 22.1. The standard InChI is InChI=1S/C21H18N2O2S/c1-15(24)17-10-7-11-18(14-17)23-21(25)20(16-8-3-2-4-9-16)26-19-12-5-6-13-22-19/h2-14,20H,1H3,(H,23,25)/t20-/m1/s1. The number of hydrogen-bond donors (Lipinski definition) is 1. The van der Waals surface area contributed by atoms with Crippen molar-refractivity contribution in [3.8, 4) is 0 Å². The molecule has 0 aliphatic carbocycles. The van der Waals surface area contributed by atoms with Gasteiger partial charge in [-0.3, -0.25) is 9.59 Å². The van der Waals surface area contributed by atoms with Crippen molar-refractivity contribution in [3.63, 3.8) is 0 Å². The molecule has 1 N–H and O–H groups in total. The molecule has 1 amide bonds. The number of benzene rings is 2. The third-order valence-corrected chi connectivity index (χ3v) is 4.96. The molecule has 2 aromatic carbocycles. The Bertz CT molecular complexity index is 898. The van der Waals surface area contributed by atoms with Gasteiger partial charge in [0.2, 0.25) is 5.91 Å². The first-order valence-electron chi connectivity index (χ1n) is 8.18. The van der Waals surface area contributed by atoms with E-state index in [-0.39, 0.29) is 11.7 Å². The Morgan fingerprint density at radius 3 is 2.42 bits per heavy atom. The van der Waals surface area contributed by atoms with Crippen LogP contribution >= 0.6 is 11.8 Å². The van der Waals surface area contributed by atoms with Gasteiger partial charge in [0.05, 0.1) is 5.03 Å². The Hall–Kier alpha value is -2.92. The summed E-state index contributed by atoms with van der Waals surface area (Å²) < 4.78 is 0. The van der Waals surface area contributed by atoms with E-state index in [9.17, 15) is 9.59 Å². The van der Waals surface area contributed by atoms with E-state index in [0.717, 1.165) is 10.6 Å². The first kappa shape index (κ1) is 17.9. The molecule has 5 heteroatoms. The van der Waals surface area contributed by atoms with Crippen LogP contribution in [0.15, 0.2) is 84.0 Å². The summed E-state index contributed by atoms with van der Waals surface area (Å²) in [5.41, 5.74) is 2.06. The first-order valence-corrected chi connectivity index (χ1v) is 9.06. The lowest BCUT2D eigenvalue weighted by Gasteiger charge is -2.17. The molecule has 130 valence electrons. The zero-order chi connectivity index (χ0) is 18.4. The van der Waals surface area contributed by atoms with E-state index in [2.05, 4.69) is 10.3 Å². The highest BCUT2D eigenvalue weighted by Crippen LogP contribution is 2.35. The summed E-state index contributed by atoms with van der Waals surface area (Å²) in [5, 5.41) is 3.24. The van der Waals surface area contributed by atoms with Crippen LogP contribution in [0.3, 0.4) is 0 Å². The lowest BCUT2D eigenvalue weighted by atomic mass is 10.1. The van der Waals surface area contributed by atoms with Gasteiger partial charge in [-0.2, -0.15) is 0 Å². The van der Waals surface area contributed by atoms with Crippen molar-refractivity contribution >= 4 is 29.1 Å². The number of aromatic nitrogens is 1. The molecule has 4 nitrogen and oxygen atoms in total. The highest BCUT2D eigenvalue weighted by molar-refractivity contribution is 8.00.